The number of halogens is 1. The van der Waals surface area contributed by atoms with E-state index >= 15 is 0 Å². The molecule has 0 fully saturated rings. The van der Waals surface area contributed by atoms with Gasteiger partial charge in [0.05, 0.1) is 0 Å². The smallest absolute Gasteiger partial charge is 0.0426 e. The van der Waals surface area contributed by atoms with E-state index in [1.165, 1.54) is 30.4 Å². The summed E-state index contributed by atoms with van der Waals surface area (Å²) in [6.45, 7) is 2.28. The maximum absolute atomic E-state index is 3.81. The van der Waals surface area contributed by atoms with Crippen molar-refractivity contribution >= 4 is 15.9 Å². The van der Waals surface area contributed by atoms with Gasteiger partial charge in [-0.25, -0.2) is 0 Å². The molecular formula is C12H15Br. The molecule has 13 heavy (non-hydrogen) atoms. The number of hydrogen-bond acceptors (Lipinski definition) is 0. The zero-order chi connectivity index (χ0) is 9.26. The maximum Gasteiger partial charge on any atom is 0.0426 e. The van der Waals surface area contributed by atoms with Crippen LogP contribution in [0.15, 0.2) is 24.3 Å². The Morgan fingerprint density at radius 1 is 1.38 bits per heavy atom. The summed E-state index contributed by atoms with van der Waals surface area (Å²) in [5.41, 5.74) is 3.05. The largest absolute Gasteiger partial charge is 0.0836 e. The van der Waals surface area contributed by atoms with Crippen LogP contribution in [0.4, 0.5) is 0 Å². The summed E-state index contributed by atoms with van der Waals surface area (Å²) in [7, 11) is 0. The van der Waals surface area contributed by atoms with Crippen LogP contribution in [0.1, 0.15) is 35.7 Å². The highest BCUT2D eigenvalue weighted by atomic mass is 79.9. The maximum atomic E-state index is 3.81. The standard InChI is InChI=1S/C12H15Br/c1-2-9-7-8-10-5-3-4-6-11(10)12(9)13/h3-6,9,12H,2,7-8H2,1H3. The lowest BCUT2D eigenvalue weighted by atomic mass is 9.82. The van der Waals surface area contributed by atoms with Gasteiger partial charge in [0.2, 0.25) is 0 Å². The molecule has 1 aromatic rings. The second kappa shape index (κ2) is 3.83. The van der Waals surface area contributed by atoms with Gasteiger partial charge in [-0.1, -0.05) is 53.5 Å². The van der Waals surface area contributed by atoms with E-state index in [-0.39, 0.29) is 0 Å². The molecule has 0 N–H and O–H groups in total. The van der Waals surface area contributed by atoms with E-state index in [1.54, 1.807) is 0 Å². The minimum Gasteiger partial charge on any atom is -0.0836 e. The van der Waals surface area contributed by atoms with Gasteiger partial charge in [-0.3, -0.25) is 0 Å². The van der Waals surface area contributed by atoms with Gasteiger partial charge < -0.3 is 0 Å². The minimum atomic E-state index is 0.586. The first-order valence-corrected chi connectivity index (χ1v) is 5.96. The van der Waals surface area contributed by atoms with Crippen molar-refractivity contribution in [2.24, 2.45) is 5.92 Å². The first kappa shape index (κ1) is 9.26. The summed E-state index contributed by atoms with van der Waals surface area (Å²) in [6, 6.07) is 8.81. The molecule has 0 nitrogen and oxygen atoms in total. The molecule has 0 saturated carbocycles. The Morgan fingerprint density at radius 2 is 2.15 bits per heavy atom. The Balaban J connectivity index is 2.33. The predicted octanol–water partition coefficient (Wildman–Crippen LogP) is 4.10. The second-order valence-electron chi connectivity index (χ2n) is 3.81. The van der Waals surface area contributed by atoms with Gasteiger partial charge in [0, 0.05) is 4.83 Å². The van der Waals surface area contributed by atoms with Crippen molar-refractivity contribution in [1.82, 2.24) is 0 Å². The summed E-state index contributed by atoms with van der Waals surface area (Å²) < 4.78 is 0. The van der Waals surface area contributed by atoms with Crippen LogP contribution >= 0.6 is 15.9 Å². The van der Waals surface area contributed by atoms with Gasteiger partial charge >= 0.3 is 0 Å². The molecule has 70 valence electrons. The van der Waals surface area contributed by atoms with Gasteiger partial charge in [0.15, 0.2) is 0 Å². The summed E-state index contributed by atoms with van der Waals surface area (Å²) in [6.07, 6.45) is 3.88. The van der Waals surface area contributed by atoms with Crippen molar-refractivity contribution in [3.05, 3.63) is 35.4 Å². The van der Waals surface area contributed by atoms with E-state index in [0.29, 0.717) is 4.83 Å². The monoisotopic (exact) mass is 238 g/mol. The number of rotatable bonds is 1. The molecule has 1 heteroatoms. The molecule has 0 heterocycles. The van der Waals surface area contributed by atoms with E-state index in [4.69, 9.17) is 0 Å². The number of aryl methyl sites for hydroxylation is 1. The molecule has 2 atom stereocenters. The van der Waals surface area contributed by atoms with Crippen LogP contribution in [0.25, 0.3) is 0 Å². The molecule has 2 unspecified atom stereocenters. The van der Waals surface area contributed by atoms with Crippen LogP contribution in [-0.2, 0) is 6.42 Å². The van der Waals surface area contributed by atoms with E-state index in [2.05, 4.69) is 47.1 Å². The van der Waals surface area contributed by atoms with Crippen molar-refractivity contribution in [1.29, 1.82) is 0 Å². The van der Waals surface area contributed by atoms with Crippen LogP contribution in [0, 0.1) is 5.92 Å². The van der Waals surface area contributed by atoms with Crippen molar-refractivity contribution in [3.63, 3.8) is 0 Å². The number of alkyl halides is 1. The highest BCUT2D eigenvalue weighted by Crippen LogP contribution is 2.41. The molecule has 1 aromatic carbocycles. The topological polar surface area (TPSA) is 0 Å². The normalized spacial score (nSPS) is 26.9. The fourth-order valence-corrected chi connectivity index (χ4v) is 3.27. The van der Waals surface area contributed by atoms with Gasteiger partial charge in [0.25, 0.3) is 0 Å². The summed E-state index contributed by atoms with van der Waals surface area (Å²) in [5, 5.41) is 0. The Morgan fingerprint density at radius 3 is 2.92 bits per heavy atom. The highest BCUT2D eigenvalue weighted by molar-refractivity contribution is 9.09. The lowest BCUT2D eigenvalue weighted by Gasteiger charge is -2.28. The van der Waals surface area contributed by atoms with Gasteiger partial charge in [-0.05, 0) is 29.9 Å². The Kier molecular flexibility index (Phi) is 2.73. The number of hydrogen-bond donors (Lipinski definition) is 0. The molecule has 0 radical (unpaired) electrons. The molecule has 0 saturated heterocycles. The van der Waals surface area contributed by atoms with Gasteiger partial charge in [-0.2, -0.15) is 0 Å². The van der Waals surface area contributed by atoms with E-state index < -0.39 is 0 Å². The van der Waals surface area contributed by atoms with E-state index in [0.717, 1.165) is 5.92 Å². The van der Waals surface area contributed by atoms with Crippen LogP contribution in [-0.4, -0.2) is 0 Å². The second-order valence-corrected chi connectivity index (χ2v) is 4.79. The third kappa shape index (κ3) is 1.67. The lowest BCUT2D eigenvalue weighted by molar-refractivity contribution is 0.441. The average molecular weight is 239 g/mol. The van der Waals surface area contributed by atoms with Crippen LogP contribution in [0.2, 0.25) is 0 Å². The van der Waals surface area contributed by atoms with Crippen LogP contribution < -0.4 is 0 Å². The fourth-order valence-electron chi connectivity index (χ4n) is 2.18. The van der Waals surface area contributed by atoms with Crippen molar-refractivity contribution < 1.29 is 0 Å². The number of fused-ring (bicyclic) bond motifs is 1. The molecule has 1 aliphatic rings. The Labute approximate surface area is 88.5 Å². The van der Waals surface area contributed by atoms with E-state index in [9.17, 15) is 0 Å². The van der Waals surface area contributed by atoms with Crippen molar-refractivity contribution in [2.75, 3.05) is 0 Å². The van der Waals surface area contributed by atoms with Gasteiger partial charge in [-0.15, -0.1) is 0 Å². The highest BCUT2D eigenvalue weighted by Gasteiger charge is 2.25. The minimum absolute atomic E-state index is 0.586. The lowest BCUT2D eigenvalue weighted by Crippen LogP contribution is -2.15. The van der Waals surface area contributed by atoms with Crippen LogP contribution in [0.5, 0.6) is 0 Å². The average Bonchev–Trinajstić information content (AvgIpc) is 2.19. The fraction of sp³-hybridized carbons (Fsp3) is 0.500. The zero-order valence-electron chi connectivity index (χ0n) is 7.96. The Bertz CT molecular complexity index is 293. The zero-order valence-corrected chi connectivity index (χ0v) is 9.55. The first-order valence-electron chi connectivity index (χ1n) is 5.04. The molecule has 0 spiro atoms. The third-order valence-corrected chi connectivity index (χ3v) is 4.32. The molecule has 0 bridgehead atoms. The number of benzene rings is 1. The Hall–Kier alpha value is -0.300. The third-order valence-electron chi connectivity index (χ3n) is 3.07. The molecule has 0 aromatic heterocycles. The predicted molar refractivity (Wildman–Crippen MR) is 60.2 cm³/mol. The van der Waals surface area contributed by atoms with Crippen molar-refractivity contribution in [2.45, 2.75) is 31.0 Å². The quantitative estimate of drug-likeness (QED) is 0.647. The molecular weight excluding hydrogens is 224 g/mol. The van der Waals surface area contributed by atoms with E-state index in [1.807, 2.05) is 0 Å². The molecule has 1 aliphatic carbocycles. The SMILES string of the molecule is CCC1CCc2ccccc2C1Br. The summed E-state index contributed by atoms with van der Waals surface area (Å²) >= 11 is 3.81. The summed E-state index contributed by atoms with van der Waals surface area (Å²) in [4.78, 5) is 0.586. The molecule has 2 rings (SSSR count). The molecule has 0 aliphatic heterocycles. The first-order chi connectivity index (χ1) is 6.33. The van der Waals surface area contributed by atoms with Gasteiger partial charge in [0.1, 0.15) is 0 Å². The van der Waals surface area contributed by atoms with Crippen molar-refractivity contribution in [3.8, 4) is 0 Å². The molecule has 0 amide bonds. The summed E-state index contributed by atoms with van der Waals surface area (Å²) in [5.74, 6) is 0.829. The van der Waals surface area contributed by atoms with Crippen LogP contribution in [0.3, 0.4) is 0 Å².